The largest absolute Gasteiger partial charge is 0.394 e. The summed E-state index contributed by atoms with van der Waals surface area (Å²) >= 11 is 0. The maximum absolute atomic E-state index is 8.85. The first kappa shape index (κ1) is 12.2. The van der Waals surface area contributed by atoms with E-state index in [-0.39, 0.29) is 6.61 Å². The van der Waals surface area contributed by atoms with Gasteiger partial charge in [-0.15, -0.1) is 0 Å². The lowest BCUT2D eigenvalue weighted by molar-refractivity contribution is 0.269. The van der Waals surface area contributed by atoms with Crippen molar-refractivity contribution in [1.29, 1.82) is 0 Å². The van der Waals surface area contributed by atoms with Gasteiger partial charge in [0.05, 0.1) is 19.3 Å². The van der Waals surface area contributed by atoms with Gasteiger partial charge in [0.25, 0.3) is 0 Å². The Labute approximate surface area is 113 Å². The smallest absolute Gasteiger partial charge is 0.0640 e. The summed E-state index contributed by atoms with van der Waals surface area (Å²) in [5, 5.41) is 16.5. The second-order valence-corrected chi connectivity index (χ2v) is 5.03. The van der Waals surface area contributed by atoms with Crippen LogP contribution in [-0.2, 0) is 25.9 Å². The van der Waals surface area contributed by atoms with Crippen molar-refractivity contribution in [2.45, 2.75) is 32.4 Å². The molecular weight excluding hydrogens is 238 g/mol. The van der Waals surface area contributed by atoms with Gasteiger partial charge in [-0.1, -0.05) is 6.07 Å². The number of benzene rings is 1. The van der Waals surface area contributed by atoms with Gasteiger partial charge in [0.1, 0.15) is 0 Å². The topological polar surface area (TPSA) is 50.1 Å². The minimum Gasteiger partial charge on any atom is -0.394 e. The molecule has 0 saturated heterocycles. The predicted molar refractivity (Wildman–Crippen MR) is 75.1 cm³/mol. The first-order valence-corrected chi connectivity index (χ1v) is 6.83. The standard InChI is InChI=1S/C15H19N3O/c19-7-6-18-11-12(10-17-18)9-16-15-5-4-13-2-1-3-14(13)8-15/h4-5,8,10-11,16,19H,1-3,6-7,9H2. The van der Waals surface area contributed by atoms with Crippen LogP contribution >= 0.6 is 0 Å². The van der Waals surface area contributed by atoms with E-state index in [1.54, 1.807) is 4.68 Å². The van der Waals surface area contributed by atoms with Crippen molar-refractivity contribution in [3.8, 4) is 0 Å². The van der Waals surface area contributed by atoms with Crippen LogP contribution in [-0.4, -0.2) is 21.5 Å². The van der Waals surface area contributed by atoms with Crippen LogP contribution in [0.3, 0.4) is 0 Å². The molecule has 1 heterocycles. The zero-order valence-electron chi connectivity index (χ0n) is 11.0. The molecule has 4 nitrogen and oxygen atoms in total. The lowest BCUT2D eigenvalue weighted by Crippen LogP contribution is -2.02. The fourth-order valence-electron chi connectivity index (χ4n) is 2.61. The molecular formula is C15H19N3O. The van der Waals surface area contributed by atoms with Gasteiger partial charge in [-0.2, -0.15) is 5.10 Å². The molecule has 0 atom stereocenters. The van der Waals surface area contributed by atoms with E-state index in [9.17, 15) is 0 Å². The predicted octanol–water partition coefficient (Wildman–Crippen LogP) is 1.98. The van der Waals surface area contributed by atoms with Crippen LogP contribution in [0.4, 0.5) is 5.69 Å². The van der Waals surface area contributed by atoms with E-state index in [1.807, 2.05) is 12.4 Å². The number of hydrogen-bond acceptors (Lipinski definition) is 3. The molecule has 0 unspecified atom stereocenters. The Morgan fingerprint density at radius 3 is 3.05 bits per heavy atom. The number of aliphatic hydroxyl groups is 1. The molecule has 1 aliphatic rings. The molecule has 0 spiro atoms. The molecule has 0 saturated carbocycles. The van der Waals surface area contributed by atoms with Gasteiger partial charge in [0.15, 0.2) is 0 Å². The number of rotatable bonds is 5. The van der Waals surface area contributed by atoms with E-state index in [2.05, 4.69) is 28.6 Å². The first-order chi connectivity index (χ1) is 9.35. The number of fused-ring (bicyclic) bond motifs is 1. The third-order valence-electron chi connectivity index (χ3n) is 3.61. The Hall–Kier alpha value is -1.81. The van der Waals surface area contributed by atoms with Gasteiger partial charge in [0, 0.05) is 24.0 Å². The van der Waals surface area contributed by atoms with Gasteiger partial charge in [-0.05, 0) is 42.5 Å². The van der Waals surface area contributed by atoms with E-state index in [1.165, 1.54) is 36.1 Å². The summed E-state index contributed by atoms with van der Waals surface area (Å²) in [7, 11) is 0. The van der Waals surface area contributed by atoms with Crippen molar-refractivity contribution in [3.63, 3.8) is 0 Å². The molecule has 3 rings (SSSR count). The molecule has 1 aromatic carbocycles. The SMILES string of the molecule is OCCn1cc(CNc2ccc3c(c2)CCC3)cn1. The quantitative estimate of drug-likeness (QED) is 0.861. The van der Waals surface area contributed by atoms with Crippen molar-refractivity contribution in [2.75, 3.05) is 11.9 Å². The van der Waals surface area contributed by atoms with Crippen LogP contribution in [0.2, 0.25) is 0 Å². The average Bonchev–Trinajstić information content (AvgIpc) is 3.04. The third-order valence-corrected chi connectivity index (χ3v) is 3.61. The second-order valence-electron chi connectivity index (χ2n) is 5.03. The summed E-state index contributed by atoms with van der Waals surface area (Å²) in [6.07, 6.45) is 7.53. The Morgan fingerprint density at radius 2 is 2.16 bits per heavy atom. The molecule has 0 radical (unpaired) electrons. The maximum atomic E-state index is 8.85. The molecule has 0 bridgehead atoms. The minimum atomic E-state index is 0.124. The minimum absolute atomic E-state index is 0.124. The van der Waals surface area contributed by atoms with Gasteiger partial charge < -0.3 is 10.4 Å². The lowest BCUT2D eigenvalue weighted by Gasteiger charge is -2.07. The van der Waals surface area contributed by atoms with Crippen LogP contribution in [0.1, 0.15) is 23.1 Å². The fourth-order valence-corrected chi connectivity index (χ4v) is 2.61. The van der Waals surface area contributed by atoms with Crippen molar-refractivity contribution in [3.05, 3.63) is 47.3 Å². The zero-order chi connectivity index (χ0) is 13.1. The van der Waals surface area contributed by atoms with Crippen molar-refractivity contribution >= 4 is 5.69 Å². The van der Waals surface area contributed by atoms with Gasteiger partial charge in [-0.25, -0.2) is 0 Å². The summed E-state index contributed by atoms with van der Waals surface area (Å²) in [6, 6.07) is 6.66. The second kappa shape index (κ2) is 5.45. The van der Waals surface area contributed by atoms with Crippen molar-refractivity contribution in [2.24, 2.45) is 0 Å². The van der Waals surface area contributed by atoms with Crippen LogP contribution < -0.4 is 5.32 Å². The highest BCUT2D eigenvalue weighted by molar-refractivity contribution is 5.50. The van der Waals surface area contributed by atoms with Crippen molar-refractivity contribution in [1.82, 2.24) is 9.78 Å². The molecule has 1 aliphatic carbocycles. The van der Waals surface area contributed by atoms with Gasteiger partial charge >= 0.3 is 0 Å². The number of aromatic nitrogens is 2. The highest BCUT2D eigenvalue weighted by Crippen LogP contribution is 2.25. The van der Waals surface area contributed by atoms with Crippen LogP contribution in [0.25, 0.3) is 0 Å². The Bertz CT molecular complexity index is 562. The van der Waals surface area contributed by atoms with Gasteiger partial charge in [0.2, 0.25) is 0 Å². The molecule has 4 heteroatoms. The molecule has 100 valence electrons. The van der Waals surface area contributed by atoms with E-state index in [0.717, 1.165) is 12.1 Å². The van der Waals surface area contributed by atoms with Crippen LogP contribution in [0, 0.1) is 0 Å². The molecule has 2 aromatic rings. The molecule has 19 heavy (non-hydrogen) atoms. The lowest BCUT2D eigenvalue weighted by atomic mass is 10.1. The van der Waals surface area contributed by atoms with E-state index in [0.29, 0.717) is 6.54 Å². The van der Waals surface area contributed by atoms with Crippen LogP contribution in [0.5, 0.6) is 0 Å². The normalized spacial score (nSPS) is 13.5. The number of anilines is 1. The van der Waals surface area contributed by atoms with Crippen molar-refractivity contribution < 1.29 is 5.11 Å². The Kier molecular flexibility index (Phi) is 3.51. The van der Waals surface area contributed by atoms with E-state index >= 15 is 0 Å². The highest BCUT2D eigenvalue weighted by atomic mass is 16.3. The molecule has 0 fully saturated rings. The zero-order valence-corrected chi connectivity index (χ0v) is 11.0. The maximum Gasteiger partial charge on any atom is 0.0640 e. The highest BCUT2D eigenvalue weighted by Gasteiger charge is 2.10. The molecule has 1 aromatic heterocycles. The summed E-state index contributed by atoms with van der Waals surface area (Å²) < 4.78 is 1.76. The average molecular weight is 257 g/mol. The number of nitrogens with zero attached hydrogens (tertiary/aromatic N) is 2. The third kappa shape index (κ3) is 2.79. The summed E-state index contributed by atoms with van der Waals surface area (Å²) in [4.78, 5) is 0. The fraction of sp³-hybridized carbons (Fsp3) is 0.400. The van der Waals surface area contributed by atoms with Gasteiger partial charge in [-0.3, -0.25) is 4.68 Å². The summed E-state index contributed by atoms with van der Waals surface area (Å²) in [5.74, 6) is 0. The first-order valence-electron chi connectivity index (χ1n) is 6.83. The molecule has 0 aliphatic heterocycles. The number of nitrogens with one attached hydrogen (secondary N) is 1. The number of aryl methyl sites for hydroxylation is 2. The molecule has 2 N–H and O–H groups in total. The number of hydrogen-bond donors (Lipinski definition) is 2. The Morgan fingerprint density at radius 1 is 1.26 bits per heavy atom. The summed E-state index contributed by atoms with van der Waals surface area (Å²) in [5.41, 5.74) is 5.30. The Balaban J connectivity index is 1.62. The summed E-state index contributed by atoms with van der Waals surface area (Å²) in [6.45, 7) is 1.45. The molecule has 0 amide bonds. The van der Waals surface area contributed by atoms with E-state index in [4.69, 9.17) is 5.11 Å². The van der Waals surface area contributed by atoms with E-state index < -0.39 is 0 Å². The number of aliphatic hydroxyl groups excluding tert-OH is 1. The monoisotopic (exact) mass is 257 g/mol. The van der Waals surface area contributed by atoms with Crippen LogP contribution in [0.15, 0.2) is 30.6 Å².